The van der Waals surface area contributed by atoms with Gasteiger partial charge in [-0.15, -0.1) is 0 Å². The van der Waals surface area contributed by atoms with Gasteiger partial charge >= 0.3 is 0 Å². The summed E-state index contributed by atoms with van der Waals surface area (Å²) in [5.41, 5.74) is 7.04. The molecule has 23 heavy (non-hydrogen) atoms. The standard InChI is InChI=1S/C18H20O.C4H10/c1-13-4-6-17(18(11-13)12-19)7-5-16-9-14(2)8-15(3)10-16;1-4(2)3/h4,6,8-12H,5,7H2,1-3H3;4H,1-3H3. The van der Waals surface area contributed by atoms with Crippen molar-refractivity contribution in [2.45, 2.75) is 54.4 Å². The van der Waals surface area contributed by atoms with Gasteiger partial charge in [0.25, 0.3) is 0 Å². The van der Waals surface area contributed by atoms with E-state index in [1.54, 1.807) is 0 Å². The smallest absolute Gasteiger partial charge is 0.150 e. The van der Waals surface area contributed by atoms with Gasteiger partial charge in [0, 0.05) is 5.56 Å². The molecular formula is C22H30O. The average Bonchev–Trinajstić information content (AvgIpc) is 2.44. The summed E-state index contributed by atoms with van der Waals surface area (Å²) in [7, 11) is 0. The van der Waals surface area contributed by atoms with Gasteiger partial charge in [-0.1, -0.05) is 67.8 Å². The molecule has 0 saturated carbocycles. The first-order chi connectivity index (χ1) is 10.8. The molecule has 0 aliphatic heterocycles. The van der Waals surface area contributed by atoms with Gasteiger partial charge in [-0.2, -0.15) is 0 Å². The Morgan fingerprint density at radius 3 is 1.91 bits per heavy atom. The Kier molecular flexibility index (Phi) is 7.74. The lowest BCUT2D eigenvalue weighted by Gasteiger charge is -2.08. The van der Waals surface area contributed by atoms with Crippen LogP contribution in [-0.2, 0) is 12.8 Å². The summed E-state index contributed by atoms with van der Waals surface area (Å²) in [6.45, 7) is 12.8. The van der Waals surface area contributed by atoms with Gasteiger partial charge in [0.05, 0.1) is 0 Å². The van der Waals surface area contributed by atoms with Crippen LogP contribution in [0.25, 0.3) is 0 Å². The SMILES string of the molecule is CC(C)C.Cc1cc(C)cc(CCc2ccc(C)cc2C=O)c1. The van der Waals surface area contributed by atoms with E-state index in [-0.39, 0.29) is 0 Å². The van der Waals surface area contributed by atoms with Crippen molar-refractivity contribution in [3.05, 3.63) is 69.8 Å². The van der Waals surface area contributed by atoms with Crippen molar-refractivity contribution >= 4 is 6.29 Å². The molecule has 2 aromatic carbocycles. The van der Waals surface area contributed by atoms with Gasteiger partial charge in [0.1, 0.15) is 6.29 Å². The molecule has 0 saturated heterocycles. The summed E-state index contributed by atoms with van der Waals surface area (Å²) in [5.74, 6) is 0.833. The van der Waals surface area contributed by atoms with E-state index < -0.39 is 0 Å². The highest BCUT2D eigenvalue weighted by Gasteiger charge is 2.03. The Bertz CT molecular complexity index is 615. The predicted octanol–water partition coefficient (Wildman–Crippen LogP) is 5.87. The minimum absolute atomic E-state index is 0.823. The fourth-order valence-corrected chi connectivity index (χ4v) is 2.54. The first-order valence-corrected chi connectivity index (χ1v) is 8.43. The second-order valence-corrected chi connectivity index (χ2v) is 7.05. The summed E-state index contributed by atoms with van der Waals surface area (Å²) in [6.07, 6.45) is 2.85. The number of carbonyl (C=O) groups is 1. The van der Waals surface area contributed by atoms with Crippen molar-refractivity contribution in [2.24, 2.45) is 5.92 Å². The molecule has 0 radical (unpaired) electrons. The van der Waals surface area contributed by atoms with Crippen LogP contribution in [0, 0.1) is 26.7 Å². The topological polar surface area (TPSA) is 17.1 Å². The van der Waals surface area contributed by atoms with E-state index in [0.717, 1.165) is 41.7 Å². The van der Waals surface area contributed by atoms with E-state index in [2.05, 4.69) is 65.0 Å². The lowest BCUT2D eigenvalue weighted by atomic mass is 9.97. The highest BCUT2D eigenvalue weighted by Crippen LogP contribution is 2.15. The minimum atomic E-state index is 0.823. The highest BCUT2D eigenvalue weighted by atomic mass is 16.1. The zero-order chi connectivity index (χ0) is 17.4. The first kappa shape index (κ1) is 19.2. The van der Waals surface area contributed by atoms with E-state index in [4.69, 9.17) is 0 Å². The number of hydrogen-bond donors (Lipinski definition) is 0. The van der Waals surface area contributed by atoms with Crippen molar-refractivity contribution in [2.75, 3.05) is 0 Å². The molecule has 0 amide bonds. The van der Waals surface area contributed by atoms with Gasteiger partial charge in [0.2, 0.25) is 0 Å². The number of aryl methyl sites for hydroxylation is 5. The minimum Gasteiger partial charge on any atom is -0.298 e. The van der Waals surface area contributed by atoms with Crippen molar-refractivity contribution in [3.8, 4) is 0 Å². The lowest BCUT2D eigenvalue weighted by molar-refractivity contribution is 0.112. The fraction of sp³-hybridized carbons (Fsp3) is 0.409. The van der Waals surface area contributed by atoms with E-state index in [1.807, 2.05) is 13.0 Å². The van der Waals surface area contributed by atoms with Crippen molar-refractivity contribution < 1.29 is 4.79 Å². The van der Waals surface area contributed by atoms with Crippen LogP contribution in [-0.4, -0.2) is 6.29 Å². The molecule has 2 aromatic rings. The number of rotatable bonds is 4. The third-order valence-electron chi connectivity index (χ3n) is 3.39. The number of hydrogen-bond acceptors (Lipinski definition) is 1. The average molecular weight is 310 g/mol. The maximum Gasteiger partial charge on any atom is 0.150 e. The van der Waals surface area contributed by atoms with E-state index in [0.29, 0.717) is 0 Å². The quantitative estimate of drug-likeness (QED) is 0.645. The molecule has 0 unspecified atom stereocenters. The third-order valence-corrected chi connectivity index (χ3v) is 3.39. The van der Waals surface area contributed by atoms with Crippen LogP contribution < -0.4 is 0 Å². The molecule has 0 spiro atoms. The molecule has 0 fully saturated rings. The molecule has 0 aliphatic rings. The predicted molar refractivity (Wildman–Crippen MR) is 100 cm³/mol. The molecule has 0 aromatic heterocycles. The normalized spacial score (nSPS) is 10.2. The van der Waals surface area contributed by atoms with E-state index in [9.17, 15) is 4.79 Å². The van der Waals surface area contributed by atoms with Gasteiger partial charge in [-0.05, 0) is 56.7 Å². The molecule has 1 heteroatoms. The Balaban J connectivity index is 0.000000593. The summed E-state index contributed by atoms with van der Waals surface area (Å²) in [6, 6.07) is 12.7. The summed E-state index contributed by atoms with van der Waals surface area (Å²) in [5, 5.41) is 0. The highest BCUT2D eigenvalue weighted by molar-refractivity contribution is 5.77. The van der Waals surface area contributed by atoms with Crippen LogP contribution in [0.4, 0.5) is 0 Å². The maximum absolute atomic E-state index is 11.1. The monoisotopic (exact) mass is 310 g/mol. The Morgan fingerprint density at radius 2 is 1.39 bits per heavy atom. The first-order valence-electron chi connectivity index (χ1n) is 8.43. The van der Waals surface area contributed by atoms with Gasteiger partial charge < -0.3 is 0 Å². The summed E-state index contributed by atoms with van der Waals surface area (Å²) < 4.78 is 0. The molecule has 0 bridgehead atoms. The van der Waals surface area contributed by atoms with Crippen LogP contribution >= 0.6 is 0 Å². The van der Waals surface area contributed by atoms with Crippen LogP contribution in [0.2, 0.25) is 0 Å². The van der Waals surface area contributed by atoms with E-state index in [1.165, 1.54) is 16.7 Å². The number of aldehydes is 1. The largest absolute Gasteiger partial charge is 0.298 e. The van der Waals surface area contributed by atoms with Gasteiger partial charge in [-0.25, -0.2) is 0 Å². The fourth-order valence-electron chi connectivity index (χ4n) is 2.54. The second kappa shape index (κ2) is 9.29. The Labute approximate surface area is 141 Å². The zero-order valence-electron chi connectivity index (χ0n) is 15.4. The zero-order valence-corrected chi connectivity index (χ0v) is 15.4. The molecule has 0 aliphatic carbocycles. The molecule has 0 atom stereocenters. The lowest BCUT2D eigenvalue weighted by Crippen LogP contribution is -1.97. The van der Waals surface area contributed by atoms with Crippen molar-refractivity contribution in [3.63, 3.8) is 0 Å². The number of benzene rings is 2. The molecule has 0 N–H and O–H groups in total. The third kappa shape index (κ3) is 7.27. The summed E-state index contributed by atoms with van der Waals surface area (Å²) in [4.78, 5) is 11.1. The van der Waals surface area contributed by atoms with Gasteiger partial charge in [-0.3, -0.25) is 4.79 Å². The molecule has 0 heterocycles. The Morgan fingerprint density at radius 1 is 0.826 bits per heavy atom. The van der Waals surface area contributed by atoms with Crippen molar-refractivity contribution in [1.82, 2.24) is 0 Å². The summed E-state index contributed by atoms with van der Waals surface area (Å²) >= 11 is 0. The van der Waals surface area contributed by atoms with Crippen LogP contribution in [0.5, 0.6) is 0 Å². The van der Waals surface area contributed by atoms with Crippen LogP contribution in [0.3, 0.4) is 0 Å². The maximum atomic E-state index is 11.1. The number of carbonyl (C=O) groups excluding carboxylic acids is 1. The van der Waals surface area contributed by atoms with Crippen LogP contribution in [0.1, 0.15) is 58.9 Å². The van der Waals surface area contributed by atoms with Crippen molar-refractivity contribution in [1.29, 1.82) is 0 Å². The molecule has 2 rings (SSSR count). The molecular weight excluding hydrogens is 280 g/mol. The van der Waals surface area contributed by atoms with E-state index >= 15 is 0 Å². The van der Waals surface area contributed by atoms with Gasteiger partial charge in [0.15, 0.2) is 0 Å². The molecule has 124 valence electrons. The Hall–Kier alpha value is -1.89. The van der Waals surface area contributed by atoms with Crippen LogP contribution in [0.15, 0.2) is 36.4 Å². The molecule has 1 nitrogen and oxygen atoms in total. The second-order valence-electron chi connectivity index (χ2n) is 7.05.